The van der Waals surface area contributed by atoms with Crippen LogP contribution >= 0.6 is 0 Å². The van der Waals surface area contributed by atoms with Gasteiger partial charge in [-0.25, -0.2) is 0 Å². The molecule has 0 heterocycles. The van der Waals surface area contributed by atoms with Crippen molar-refractivity contribution in [3.63, 3.8) is 0 Å². The van der Waals surface area contributed by atoms with Crippen molar-refractivity contribution in [1.29, 1.82) is 0 Å². The number of rotatable bonds is 17. The molecule has 3 amide bonds. The number of aromatic hydroxyl groups is 1. The van der Waals surface area contributed by atoms with Gasteiger partial charge in [-0.05, 0) is 56.6 Å². The fourth-order valence-electron chi connectivity index (χ4n) is 4.37. The van der Waals surface area contributed by atoms with E-state index in [-0.39, 0.29) is 44.1 Å². The number of aliphatic carboxylic acids is 1. The molecule has 43 heavy (non-hydrogen) atoms. The minimum Gasteiger partial charge on any atom is -0.508 e. The molecule has 2 rings (SSSR count). The highest BCUT2D eigenvalue weighted by Gasteiger charge is 2.31. The number of hydrogen-bond acceptors (Lipinski definition) is 7. The molecule has 13 heteroatoms. The number of aliphatic imine (C=N–C) groups is 1. The first-order chi connectivity index (χ1) is 20.4. The van der Waals surface area contributed by atoms with Crippen molar-refractivity contribution in [2.24, 2.45) is 16.5 Å². The summed E-state index contributed by atoms with van der Waals surface area (Å²) in [6.45, 7) is 0.201. The van der Waals surface area contributed by atoms with E-state index in [0.29, 0.717) is 12.8 Å². The highest BCUT2D eigenvalue weighted by molar-refractivity contribution is 5.93. The Kier molecular flexibility index (Phi) is 13.9. The number of likely N-dealkylation sites (N-methyl/N-ethyl adjacent to an activating group) is 2. The van der Waals surface area contributed by atoms with Crippen LogP contribution in [0.5, 0.6) is 5.75 Å². The van der Waals surface area contributed by atoms with Crippen LogP contribution in [0.1, 0.15) is 30.4 Å². The number of guanidine groups is 1. The Balaban J connectivity index is 2.28. The Morgan fingerprint density at radius 2 is 1.47 bits per heavy atom. The van der Waals surface area contributed by atoms with E-state index in [0.717, 1.165) is 11.1 Å². The van der Waals surface area contributed by atoms with Crippen LogP contribution in [0.4, 0.5) is 0 Å². The van der Waals surface area contributed by atoms with Gasteiger partial charge in [0.2, 0.25) is 17.7 Å². The van der Waals surface area contributed by atoms with Crippen molar-refractivity contribution in [2.75, 3.05) is 34.2 Å². The molecular formula is C30H43N7O6. The number of benzene rings is 2. The maximum absolute atomic E-state index is 13.7. The molecule has 13 nitrogen and oxygen atoms in total. The van der Waals surface area contributed by atoms with Gasteiger partial charge in [-0.2, -0.15) is 0 Å². The van der Waals surface area contributed by atoms with Crippen molar-refractivity contribution < 1.29 is 29.4 Å². The third-order valence-electron chi connectivity index (χ3n) is 6.80. The smallest absolute Gasteiger partial charge is 0.305 e. The molecule has 0 radical (unpaired) electrons. The van der Waals surface area contributed by atoms with Gasteiger partial charge >= 0.3 is 5.97 Å². The molecule has 0 aliphatic rings. The molecule has 0 fully saturated rings. The average molecular weight is 598 g/mol. The van der Waals surface area contributed by atoms with Crippen LogP contribution in [0.3, 0.4) is 0 Å². The normalized spacial score (nSPS) is 12.9. The van der Waals surface area contributed by atoms with Gasteiger partial charge in [-0.15, -0.1) is 0 Å². The van der Waals surface area contributed by atoms with Gasteiger partial charge in [0, 0.05) is 26.6 Å². The van der Waals surface area contributed by atoms with Crippen LogP contribution in [0.2, 0.25) is 0 Å². The zero-order chi connectivity index (χ0) is 31.9. The lowest BCUT2D eigenvalue weighted by Crippen LogP contribution is -2.57. The highest BCUT2D eigenvalue weighted by Crippen LogP contribution is 2.14. The monoisotopic (exact) mass is 597 g/mol. The number of nitrogens with two attached hydrogens (primary N) is 2. The predicted octanol–water partition coefficient (Wildman–Crippen LogP) is 0.0639. The summed E-state index contributed by atoms with van der Waals surface area (Å²) in [5.41, 5.74) is 12.5. The van der Waals surface area contributed by atoms with E-state index in [1.54, 1.807) is 31.1 Å². The van der Waals surface area contributed by atoms with Crippen LogP contribution in [0.25, 0.3) is 0 Å². The van der Waals surface area contributed by atoms with E-state index in [1.165, 1.54) is 24.1 Å². The Morgan fingerprint density at radius 3 is 2.05 bits per heavy atom. The van der Waals surface area contributed by atoms with E-state index < -0.39 is 41.8 Å². The van der Waals surface area contributed by atoms with E-state index >= 15 is 0 Å². The van der Waals surface area contributed by atoms with E-state index in [1.807, 2.05) is 30.3 Å². The fraction of sp³-hybridized carbons (Fsp3) is 0.433. The first-order valence-electron chi connectivity index (χ1n) is 14.0. The summed E-state index contributed by atoms with van der Waals surface area (Å²) in [6.07, 6.45) is 0.805. The quantitative estimate of drug-likeness (QED) is 0.0828. The molecule has 0 saturated carbocycles. The molecule has 0 unspecified atom stereocenters. The number of nitrogens with one attached hydrogen (secondary N) is 2. The standard InChI is InChI=1S/C30H43N7O6/c1-36(2)25(19-21-11-13-22(38)14-12-21)28(42)34-23(10-7-16-33-30(31)32)27(41)35-24(18-20-8-5-4-6-9-20)29(43)37(3)17-15-26(39)40/h4-6,8-9,11-14,23-25,38H,7,10,15-19H2,1-3H3,(H,34,42)(H,35,41)(H,39,40)(H4,31,32,33)/t23-,24+,25+/m1/s1. The van der Waals surface area contributed by atoms with Gasteiger partial charge in [0.1, 0.15) is 17.8 Å². The lowest BCUT2D eigenvalue weighted by atomic mass is 10.0. The van der Waals surface area contributed by atoms with Crippen LogP contribution in [-0.2, 0) is 32.0 Å². The van der Waals surface area contributed by atoms with Crippen LogP contribution in [0, 0.1) is 0 Å². The summed E-state index contributed by atoms with van der Waals surface area (Å²) in [5, 5.41) is 24.3. The number of hydrogen-bond donors (Lipinski definition) is 6. The molecule has 2 aromatic rings. The predicted molar refractivity (Wildman–Crippen MR) is 163 cm³/mol. The van der Waals surface area contributed by atoms with Gasteiger partial charge in [0.05, 0.1) is 12.5 Å². The molecule has 8 N–H and O–H groups in total. The fourth-order valence-corrected chi connectivity index (χ4v) is 4.37. The Morgan fingerprint density at radius 1 is 0.860 bits per heavy atom. The van der Waals surface area contributed by atoms with Crippen LogP contribution < -0.4 is 22.1 Å². The summed E-state index contributed by atoms with van der Waals surface area (Å²) < 4.78 is 0. The summed E-state index contributed by atoms with van der Waals surface area (Å²) in [7, 11) is 4.98. The first kappa shape index (κ1) is 34.6. The number of amides is 3. The maximum Gasteiger partial charge on any atom is 0.305 e. The number of carboxylic acids is 1. The average Bonchev–Trinajstić information content (AvgIpc) is 2.96. The van der Waals surface area contributed by atoms with E-state index in [4.69, 9.17) is 16.6 Å². The molecule has 0 aliphatic heterocycles. The van der Waals surface area contributed by atoms with E-state index in [2.05, 4.69) is 15.6 Å². The molecule has 0 bridgehead atoms. The second-order valence-electron chi connectivity index (χ2n) is 10.5. The topological polar surface area (TPSA) is 204 Å². The van der Waals surface area contributed by atoms with Crippen LogP contribution in [-0.4, -0.2) is 102 Å². The lowest BCUT2D eigenvalue weighted by Gasteiger charge is -2.29. The Hall–Kier alpha value is -4.65. The molecule has 0 spiro atoms. The number of carboxylic acid groups (broad SMARTS) is 1. The second-order valence-corrected chi connectivity index (χ2v) is 10.5. The summed E-state index contributed by atoms with van der Waals surface area (Å²) in [5.74, 6) is -2.45. The van der Waals surface area contributed by atoms with Crippen molar-refractivity contribution >= 4 is 29.7 Å². The van der Waals surface area contributed by atoms with Gasteiger partial charge in [-0.1, -0.05) is 42.5 Å². The number of phenols is 1. The summed E-state index contributed by atoms with van der Waals surface area (Å²) in [6, 6.07) is 13.0. The third-order valence-corrected chi connectivity index (χ3v) is 6.80. The molecule has 0 aromatic heterocycles. The zero-order valence-electron chi connectivity index (χ0n) is 24.9. The second kappa shape index (κ2) is 17.3. The van der Waals surface area contributed by atoms with Crippen LogP contribution in [0.15, 0.2) is 59.6 Å². The Labute approximate surface area is 251 Å². The maximum atomic E-state index is 13.7. The van der Waals surface area contributed by atoms with Crippen molar-refractivity contribution in [3.8, 4) is 5.75 Å². The summed E-state index contributed by atoms with van der Waals surface area (Å²) in [4.78, 5) is 58.6. The SMILES string of the molecule is CN(CCC(=O)O)C(=O)[C@H](Cc1ccccc1)NC(=O)[C@@H](CCCN=C(N)N)NC(=O)[C@H](Cc1ccc(O)cc1)N(C)C. The highest BCUT2D eigenvalue weighted by atomic mass is 16.4. The first-order valence-corrected chi connectivity index (χ1v) is 14.0. The largest absolute Gasteiger partial charge is 0.508 e. The summed E-state index contributed by atoms with van der Waals surface area (Å²) >= 11 is 0. The molecule has 3 atom stereocenters. The van der Waals surface area contributed by atoms with Gasteiger partial charge in [0.15, 0.2) is 5.96 Å². The van der Waals surface area contributed by atoms with Gasteiger partial charge in [-0.3, -0.25) is 29.1 Å². The van der Waals surface area contributed by atoms with Crippen molar-refractivity contribution in [1.82, 2.24) is 20.4 Å². The zero-order valence-corrected chi connectivity index (χ0v) is 24.9. The Bertz CT molecular complexity index is 1230. The van der Waals surface area contributed by atoms with E-state index in [9.17, 15) is 24.3 Å². The third kappa shape index (κ3) is 12.4. The number of carbonyl (C=O) groups is 4. The number of nitrogens with zero attached hydrogens (tertiary/aromatic N) is 3. The molecule has 0 saturated heterocycles. The minimum atomic E-state index is -1.05. The molecule has 234 valence electrons. The molecule has 0 aliphatic carbocycles. The van der Waals surface area contributed by atoms with Crippen molar-refractivity contribution in [3.05, 3.63) is 65.7 Å². The lowest BCUT2D eigenvalue weighted by molar-refractivity contribution is -0.139. The minimum absolute atomic E-state index is 0.0320. The van der Waals surface area contributed by atoms with Gasteiger partial charge < -0.3 is 37.2 Å². The van der Waals surface area contributed by atoms with Gasteiger partial charge in [0.25, 0.3) is 0 Å². The number of phenolic OH excluding ortho intramolecular Hbond substituents is 1. The van der Waals surface area contributed by atoms with Crippen molar-refractivity contribution in [2.45, 2.75) is 50.2 Å². The number of carbonyl (C=O) groups excluding carboxylic acids is 3. The molecule has 2 aromatic carbocycles. The molecular weight excluding hydrogens is 554 g/mol.